The molecule has 3 aromatic rings. The number of rotatable bonds is 3. The van der Waals surface area contributed by atoms with Gasteiger partial charge in [0.2, 0.25) is 0 Å². The van der Waals surface area contributed by atoms with Gasteiger partial charge >= 0.3 is 0 Å². The van der Waals surface area contributed by atoms with Crippen LogP contribution in [0.25, 0.3) is 0 Å². The van der Waals surface area contributed by atoms with Gasteiger partial charge in [-0.1, -0.05) is 24.3 Å². The summed E-state index contributed by atoms with van der Waals surface area (Å²) in [6.07, 6.45) is 2.76. The van der Waals surface area contributed by atoms with E-state index in [0.29, 0.717) is 37.4 Å². The largest absolute Gasteiger partial charge is 0.365 e. The fourth-order valence-corrected chi connectivity index (χ4v) is 6.06. The molecule has 0 spiro atoms. The first kappa shape index (κ1) is 21.6. The molecule has 1 saturated heterocycles. The fraction of sp³-hybridized carbons (Fsp3) is 0.333. The molecular weight excluding hydrogens is 444 g/mol. The Labute approximate surface area is 202 Å². The summed E-state index contributed by atoms with van der Waals surface area (Å²) in [5.74, 6) is 0.171. The number of nitrogens with zero attached hydrogens (tertiary/aromatic N) is 4. The van der Waals surface area contributed by atoms with E-state index in [0.717, 1.165) is 36.2 Å². The van der Waals surface area contributed by atoms with Crippen molar-refractivity contribution in [2.24, 2.45) is 5.92 Å². The van der Waals surface area contributed by atoms with E-state index in [1.807, 2.05) is 34.9 Å². The molecule has 2 bridgehead atoms. The second-order valence-electron chi connectivity index (χ2n) is 9.75. The van der Waals surface area contributed by atoms with Crippen LogP contribution in [0, 0.1) is 16.0 Å². The van der Waals surface area contributed by atoms with Crippen LogP contribution < -0.4 is 15.4 Å². The second kappa shape index (κ2) is 8.37. The Morgan fingerprint density at radius 2 is 1.83 bits per heavy atom. The summed E-state index contributed by atoms with van der Waals surface area (Å²) in [5.41, 5.74) is 3.83. The van der Waals surface area contributed by atoms with Crippen LogP contribution in [-0.4, -0.2) is 35.0 Å². The van der Waals surface area contributed by atoms with Gasteiger partial charge in [0.1, 0.15) is 5.69 Å². The van der Waals surface area contributed by atoms with Crippen molar-refractivity contribution in [3.05, 3.63) is 98.0 Å². The molecule has 0 unspecified atom stereocenters. The maximum Gasteiger partial charge on any atom is 0.293 e. The number of nitro benzene ring substituents is 1. The standard InChI is InChI=1S/C27H26N4O4/c32-26-9-3-8-23-21-13-18(16-30(23)26)15-28(17-21)24-11-10-20(14-25(24)31(34)35)27(33)29-12-4-6-19-5-1-2-7-22(19)29/h1-3,5,7-11,14,18,21H,4,6,12-13,15-17H2/t18-,21+/m1/s1. The molecule has 1 aromatic heterocycles. The number of amides is 1. The highest BCUT2D eigenvalue weighted by molar-refractivity contribution is 6.07. The molecule has 35 heavy (non-hydrogen) atoms. The first-order valence-electron chi connectivity index (χ1n) is 12.1. The summed E-state index contributed by atoms with van der Waals surface area (Å²) in [7, 11) is 0. The molecule has 0 aliphatic carbocycles. The molecule has 2 atom stereocenters. The zero-order valence-corrected chi connectivity index (χ0v) is 19.3. The van der Waals surface area contributed by atoms with Crippen LogP contribution in [0.4, 0.5) is 17.1 Å². The van der Waals surface area contributed by atoms with Crippen LogP contribution in [-0.2, 0) is 13.0 Å². The van der Waals surface area contributed by atoms with Gasteiger partial charge in [-0.25, -0.2) is 0 Å². The zero-order valence-electron chi connectivity index (χ0n) is 19.3. The van der Waals surface area contributed by atoms with E-state index in [1.54, 1.807) is 29.2 Å². The van der Waals surface area contributed by atoms with E-state index >= 15 is 0 Å². The van der Waals surface area contributed by atoms with Crippen molar-refractivity contribution in [2.75, 3.05) is 29.4 Å². The predicted octanol–water partition coefficient (Wildman–Crippen LogP) is 3.97. The van der Waals surface area contributed by atoms with Crippen molar-refractivity contribution in [3.8, 4) is 0 Å². The van der Waals surface area contributed by atoms with E-state index in [9.17, 15) is 19.7 Å². The number of carbonyl (C=O) groups excluding carboxylic acids is 1. The van der Waals surface area contributed by atoms with Gasteiger partial charge in [-0.2, -0.15) is 0 Å². The topological polar surface area (TPSA) is 88.7 Å². The number of aryl methyl sites for hydroxylation is 1. The number of para-hydroxylation sites is 1. The minimum absolute atomic E-state index is 0.0128. The van der Waals surface area contributed by atoms with Gasteiger partial charge in [0, 0.05) is 61.2 Å². The summed E-state index contributed by atoms with van der Waals surface area (Å²) >= 11 is 0. The van der Waals surface area contributed by atoms with Crippen molar-refractivity contribution in [1.82, 2.24) is 4.57 Å². The Bertz CT molecular complexity index is 1400. The van der Waals surface area contributed by atoms with Gasteiger partial charge in [-0.15, -0.1) is 0 Å². The molecule has 0 N–H and O–H groups in total. The molecule has 8 heteroatoms. The number of aromatic nitrogens is 1. The quantitative estimate of drug-likeness (QED) is 0.427. The Morgan fingerprint density at radius 3 is 2.69 bits per heavy atom. The smallest absolute Gasteiger partial charge is 0.293 e. The number of carbonyl (C=O) groups is 1. The molecule has 178 valence electrons. The summed E-state index contributed by atoms with van der Waals surface area (Å²) in [4.78, 5) is 41.2. The van der Waals surface area contributed by atoms with Crippen LogP contribution in [0.1, 0.15) is 40.4 Å². The molecular formula is C27H26N4O4. The van der Waals surface area contributed by atoms with Gasteiger partial charge in [0.15, 0.2) is 0 Å². The third-order valence-electron chi connectivity index (χ3n) is 7.59. The monoisotopic (exact) mass is 470 g/mol. The third kappa shape index (κ3) is 3.69. The van der Waals surface area contributed by atoms with Crippen molar-refractivity contribution in [1.29, 1.82) is 0 Å². The number of anilines is 2. The Kier molecular flexibility index (Phi) is 5.16. The van der Waals surface area contributed by atoms with Gasteiger partial charge < -0.3 is 14.4 Å². The molecule has 3 aliphatic heterocycles. The number of nitro groups is 1. The van der Waals surface area contributed by atoms with Crippen LogP contribution in [0.2, 0.25) is 0 Å². The third-order valence-corrected chi connectivity index (χ3v) is 7.59. The average molecular weight is 471 g/mol. The molecule has 0 radical (unpaired) electrons. The van der Waals surface area contributed by atoms with E-state index in [4.69, 9.17) is 0 Å². The van der Waals surface area contributed by atoms with Gasteiger partial charge in [-0.05, 0) is 55.0 Å². The lowest BCUT2D eigenvalue weighted by atomic mass is 9.83. The number of benzene rings is 2. The lowest BCUT2D eigenvalue weighted by Crippen LogP contribution is -2.47. The van der Waals surface area contributed by atoms with Crippen LogP contribution in [0.15, 0.2) is 65.5 Å². The Balaban J connectivity index is 1.32. The Hall–Kier alpha value is -3.94. The first-order valence-corrected chi connectivity index (χ1v) is 12.1. The van der Waals surface area contributed by atoms with Crippen molar-refractivity contribution >= 4 is 23.0 Å². The van der Waals surface area contributed by atoms with Gasteiger partial charge in [0.25, 0.3) is 17.2 Å². The number of hydrogen-bond donors (Lipinski definition) is 0. The number of piperidine rings is 1. The molecule has 0 saturated carbocycles. The normalized spacial score (nSPS) is 20.7. The SMILES string of the molecule is O=C(c1ccc(N2C[C@H]3C[C@@H](C2)c2cccc(=O)n2C3)c([N+](=O)[O-])c1)N1CCCc2ccccc21. The molecule has 1 fully saturated rings. The highest BCUT2D eigenvalue weighted by Crippen LogP contribution is 2.40. The maximum absolute atomic E-state index is 13.4. The van der Waals surface area contributed by atoms with Gasteiger partial charge in [0.05, 0.1) is 4.92 Å². The molecule has 1 amide bonds. The fourth-order valence-electron chi connectivity index (χ4n) is 6.06. The van der Waals surface area contributed by atoms with E-state index < -0.39 is 0 Å². The molecule has 2 aromatic carbocycles. The highest BCUT2D eigenvalue weighted by Gasteiger charge is 2.37. The molecule has 8 nitrogen and oxygen atoms in total. The number of pyridine rings is 1. The predicted molar refractivity (Wildman–Crippen MR) is 133 cm³/mol. The second-order valence-corrected chi connectivity index (χ2v) is 9.75. The summed E-state index contributed by atoms with van der Waals surface area (Å²) < 4.78 is 1.85. The van der Waals surface area contributed by atoms with Crippen molar-refractivity contribution in [2.45, 2.75) is 31.7 Å². The summed E-state index contributed by atoms with van der Waals surface area (Å²) in [6, 6.07) is 18.1. The van der Waals surface area contributed by atoms with E-state index in [1.165, 1.54) is 6.07 Å². The van der Waals surface area contributed by atoms with Gasteiger partial charge in [-0.3, -0.25) is 19.7 Å². The van der Waals surface area contributed by atoms with E-state index in [-0.39, 0.29) is 33.9 Å². The lowest BCUT2D eigenvalue weighted by Gasteiger charge is -2.43. The average Bonchev–Trinajstić information content (AvgIpc) is 2.88. The summed E-state index contributed by atoms with van der Waals surface area (Å²) in [5, 5.41) is 12.1. The number of fused-ring (bicyclic) bond motifs is 5. The highest BCUT2D eigenvalue weighted by atomic mass is 16.6. The molecule has 3 aliphatic rings. The minimum atomic E-state index is -0.390. The van der Waals surface area contributed by atoms with Crippen LogP contribution in [0.5, 0.6) is 0 Å². The van der Waals surface area contributed by atoms with Crippen LogP contribution >= 0.6 is 0 Å². The lowest BCUT2D eigenvalue weighted by molar-refractivity contribution is -0.384. The molecule has 4 heterocycles. The Morgan fingerprint density at radius 1 is 0.971 bits per heavy atom. The first-order chi connectivity index (χ1) is 17.0. The summed E-state index contributed by atoms with van der Waals surface area (Å²) in [6.45, 7) is 2.47. The van der Waals surface area contributed by atoms with Crippen molar-refractivity contribution < 1.29 is 9.72 Å². The minimum Gasteiger partial charge on any atom is -0.365 e. The molecule has 6 rings (SSSR count). The maximum atomic E-state index is 13.4. The van der Waals surface area contributed by atoms with Crippen LogP contribution in [0.3, 0.4) is 0 Å². The zero-order chi connectivity index (χ0) is 24.1. The van der Waals surface area contributed by atoms with Crippen molar-refractivity contribution in [3.63, 3.8) is 0 Å². The van der Waals surface area contributed by atoms with E-state index in [2.05, 4.69) is 4.90 Å². The number of hydrogen-bond acceptors (Lipinski definition) is 5.